The molecule has 1 saturated heterocycles. The van der Waals surface area contributed by atoms with Crippen LogP contribution in [0.5, 0.6) is 0 Å². The van der Waals surface area contributed by atoms with Gasteiger partial charge in [-0.25, -0.2) is 9.88 Å². The summed E-state index contributed by atoms with van der Waals surface area (Å²) < 4.78 is 42.3. The van der Waals surface area contributed by atoms with Gasteiger partial charge in [0.25, 0.3) is 22.4 Å². The predicted octanol–water partition coefficient (Wildman–Crippen LogP) is 1.38. The molecule has 3 aliphatic rings. The summed E-state index contributed by atoms with van der Waals surface area (Å²) in [6.45, 7) is 2.14. The van der Waals surface area contributed by atoms with Crippen molar-refractivity contribution in [2.75, 3.05) is 30.3 Å². The molecule has 14 heteroatoms. The Labute approximate surface area is 225 Å². The van der Waals surface area contributed by atoms with Gasteiger partial charge in [0.05, 0.1) is 12.4 Å². The number of pyridine rings is 1. The lowest BCUT2D eigenvalue weighted by atomic mass is 9.89. The van der Waals surface area contributed by atoms with E-state index in [-0.39, 0.29) is 36.1 Å². The number of hydrogen-bond donors (Lipinski definition) is 2. The van der Waals surface area contributed by atoms with Gasteiger partial charge in [0.1, 0.15) is 17.6 Å². The molecule has 2 N–H and O–H groups in total. The molecule has 3 heterocycles. The zero-order valence-electron chi connectivity index (χ0n) is 19.9. The van der Waals surface area contributed by atoms with Crippen LogP contribution < -0.4 is 4.90 Å². The van der Waals surface area contributed by atoms with Crippen LogP contribution in [0.4, 0.5) is 5.82 Å². The molecule has 3 atom stereocenters. The molecule has 0 aromatic carbocycles. The first-order valence-corrected chi connectivity index (χ1v) is 14.0. The average Bonchev–Trinajstić information content (AvgIpc) is 3.35. The average molecular weight is 571 g/mol. The topological polar surface area (TPSA) is 135 Å². The number of anilines is 1. The van der Waals surface area contributed by atoms with Crippen LogP contribution in [0.3, 0.4) is 0 Å². The van der Waals surface area contributed by atoms with E-state index in [0.717, 1.165) is 0 Å². The third-order valence-electron chi connectivity index (χ3n) is 5.94. The summed E-state index contributed by atoms with van der Waals surface area (Å²) in [6.07, 6.45) is 6.80. The molecule has 1 aromatic rings. The van der Waals surface area contributed by atoms with Crippen LogP contribution in [0.25, 0.3) is 0 Å². The number of nitrogens with zero attached hydrogens (tertiary/aromatic N) is 4. The second kappa shape index (κ2) is 11.5. The number of aromatic nitrogens is 1. The van der Waals surface area contributed by atoms with Gasteiger partial charge >= 0.3 is 0 Å². The molecule has 1 fully saturated rings. The van der Waals surface area contributed by atoms with E-state index in [0.29, 0.717) is 30.5 Å². The van der Waals surface area contributed by atoms with Crippen molar-refractivity contribution in [2.24, 2.45) is 0 Å². The number of unbranched alkanes of at least 4 members (excludes halogenated alkanes) is 1. The van der Waals surface area contributed by atoms with Crippen molar-refractivity contribution in [3.05, 3.63) is 53.9 Å². The number of carbonyl (C=O) groups excluding carboxylic acids is 2. The van der Waals surface area contributed by atoms with E-state index in [9.17, 15) is 18.3 Å². The molecule has 2 aliphatic heterocycles. The standard InChI is InChI=1S/C23H27ClN4O7S2/c1-15(29)34-12-11-27-21(22(30)28(23(27)36)18-6-2-3-9-25-18)19-16(24)7-8-17-20(19)26(14-35-17)10-4-5-13-37(31,32)33/h2-3,6-9,14-16,20,29H,4-5,10-13H2,1H3,(H,31,32,33). The molecular formula is C23H27ClN4O7S2. The summed E-state index contributed by atoms with van der Waals surface area (Å²) in [5.74, 6) is -0.403. The minimum absolute atomic E-state index is 0.0872. The highest BCUT2D eigenvalue weighted by molar-refractivity contribution is 7.85. The van der Waals surface area contributed by atoms with Gasteiger partial charge in [-0.3, -0.25) is 9.35 Å². The Morgan fingerprint density at radius 3 is 2.78 bits per heavy atom. The first-order chi connectivity index (χ1) is 17.6. The number of ether oxygens (including phenoxy) is 1. The Morgan fingerprint density at radius 1 is 1.32 bits per heavy atom. The molecule has 0 saturated carbocycles. The van der Waals surface area contributed by atoms with Crippen molar-refractivity contribution in [2.45, 2.75) is 37.5 Å². The number of hydrogen-bond acceptors (Lipinski definition) is 8. The highest BCUT2D eigenvalue weighted by Gasteiger charge is 2.48. The number of allylic oxidation sites excluding steroid dienone is 1. The third kappa shape index (κ3) is 6.13. The van der Waals surface area contributed by atoms with Gasteiger partial charge in [0.2, 0.25) is 6.10 Å². The smallest absolute Gasteiger partial charge is 0.293 e. The van der Waals surface area contributed by atoms with Gasteiger partial charge in [0.15, 0.2) is 11.4 Å². The summed E-state index contributed by atoms with van der Waals surface area (Å²) in [7, 11) is -4.06. The quantitative estimate of drug-likeness (QED) is 0.0492. The van der Waals surface area contributed by atoms with Gasteiger partial charge in [-0.15, -0.1) is 17.7 Å². The lowest BCUT2D eigenvalue weighted by Crippen LogP contribution is -2.42. The number of aliphatic hydroxyl groups is 1. The van der Waals surface area contributed by atoms with E-state index >= 15 is 0 Å². The van der Waals surface area contributed by atoms with Crippen LogP contribution in [0, 0.1) is 6.10 Å². The fourth-order valence-corrected chi connectivity index (χ4v) is 5.57. The number of fused-ring (bicyclic) bond motifs is 1. The number of halogens is 1. The first-order valence-electron chi connectivity index (χ1n) is 11.6. The summed E-state index contributed by atoms with van der Waals surface area (Å²) in [6, 6.07) is 4.63. The molecule has 37 heavy (non-hydrogen) atoms. The molecule has 1 amide bonds. The van der Waals surface area contributed by atoms with Gasteiger partial charge in [0, 0.05) is 24.7 Å². The van der Waals surface area contributed by atoms with E-state index in [1.807, 2.05) is 4.90 Å². The van der Waals surface area contributed by atoms with Crippen molar-refractivity contribution < 1.29 is 32.0 Å². The van der Waals surface area contributed by atoms with Crippen LogP contribution in [-0.2, 0) is 24.1 Å². The van der Waals surface area contributed by atoms with Crippen LogP contribution in [0.15, 0.2) is 47.8 Å². The Kier molecular flexibility index (Phi) is 8.51. The molecule has 11 nitrogen and oxygen atoms in total. The zero-order valence-corrected chi connectivity index (χ0v) is 22.3. The van der Waals surface area contributed by atoms with Crippen LogP contribution >= 0.6 is 23.8 Å². The molecule has 0 spiro atoms. The Balaban J connectivity index is 1.70. The number of thiocarbonyl (C=S) groups is 1. The lowest BCUT2D eigenvalue weighted by Gasteiger charge is -2.34. The SMILES string of the molecule is CC(O)OCCN1C(=S)N(c2ccccn2)C(=O)C1=C1C(Cl)C=C[C-]2[O+]=CN(CCCCS(=O)(=O)O)C12. The number of rotatable bonds is 10. The second-order valence-corrected chi connectivity index (χ2v) is 11.0. The number of alkyl halides is 1. The molecule has 200 valence electrons. The van der Waals surface area contributed by atoms with Gasteiger partial charge in [-0.1, -0.05) is 12.1 Å². The normalized spacial score (nSPS) is 24.4. The van der Waals surface area contributed by atoms with Crippen LogP contribution in [0.2, 0.25) is 0 Å². The van der Waals surface area contributed by atoms with E-state index < -0.39 is 33.7 Å². The minimum atomic E-state index is -4.06. The number of carbonyl (C=O) groups is 1. The van der Waals surface area contributed by atoms with Crippen molar-refractivity contribution in [1.29, 1.82) is 0 Å². The van der Waals surface area contributed by atoms with Gasteiger partial charge < -0.3 is 24.1 Å². The van der Waals surface area contributed by atoms with E-state index in [4.69, 9.17) is 37.5 Å². The minimum Gasteiger partial charge on any atom is -0.368 e. The number of amides is 2. The van der Waals surface area contributed by atoms with E-state index in [2.05, 4.69) is 4.98 Å². The monoisotopic (exact) mass is 570 g/mol. The Bertz CT molecular complexity index is 1220. The molecule has 3 unspecified atom stereocenters. The van der Waals surface area contributed by atoms with Gasteiger partial charge in [-0.05, 0) is 49.7 Å². The largest absolute Gasteiger partial charge is 0.368 e. The highest BCUT2D eigenvalue weighted by Crippen LogP contribution is 2.40. The summed E-state index contributed by atoms with van der Waals surface area (Å²) >= 11 is 12.5. The lowest BCUT2D eigenvalue weighted by molar-refractivity contribution is -0.420. The van der Waals surface area contributed by atoms with Crippen molar-refractivity contribution >= 4 is 57.2 Å². The maximum Gasteiger partial charge on any atom is 0.293 e. The van der Waals surface area contributed by atoms with Crippen LogP contribution in [0.1, 0.15) is 19.8 Å². The molecule has 0 radical (unpaired) electrons. The molecule has 1 aliphatic carbocycles. The molecule has 0 bridgehead atoms. The van der Waals surface area contributed by atoms with Crippen molar-refractivity contribution in [3.8, 4) is 0 Å². The van der Waals surface area contributed by atoms with Crippen molar-refractivity contribution in [3.63, 3.8) is 0 Å². The molecule has 4 rings (SSSR count). The summed E-state index contributed by atoms with van der Waals surface area (Å²) in [5.41, 5.74) is 0.809. The zero-order chi connectivity index (χ0) is 26.7. The first kappa shape index (κ1) is 27.5. The van der Waals surface area contributed by atoms with E-state index in [1.165, 1.54) is 18.2 Å². The van der Waals surface area contributed by atoms with Crippen molar-refractivity contribution in [1.82, 2.24) is 14.8 Å². The summed E-state index contributed by atoms with van der Waals surface area (Å²) in [4.78, 5) is 23.0. The van der Waals surface area contributed by atoms with E-state index in [1.54, 1.807) is 41.4 Å². The Morgan fingerprint density at radius 2 is 2.11 bits per heavy atom. The maximum absolute atomic E-state index is 13.9. The fourth-order valence-electron chi connectivity index (χ4n) is 4.35. The molecule has 1 aromatic heterocycles. The Hall–Kier alpha value is -2.55. The molecular weight excluding hydrogens is 544 g/mol. The predicted molar refractivity (Wildman–Crippen MR) is 140 cm³/mol. The summed E-state index contributed by atoms with van der Waals surface area (Å²) in [5, 5.41) is 9.08. The fraction of sp³-hybridized carbons (Fsp3) is 0.435. The highest BCUT2D eigenvalue weighted by atomic mass is 35.5. The maximum atomic E-state index is 13.9. The van der Waals surface area contributed by atoms with Crippen LogP contribution in [-0.4, -0.2) is 93.4 Å². The number of aliphatic hydroxyl groups excluding tert-OH is 1. The second-order valence-electron chi connectivity index (χ2n) is 8.56. The third-order valence-corrected chi connectivity index (χ3v) is 7.53. The van der Waals surface area contributed by atoms with Gasteiger partial charge in [-0.2, -0.15) is 8.42 Å².